The normalized spacial score (nSPS) is 15.5. The highest BCUT2D eigenvalue weighted by Crippen LogP contribution is 2.37. The lowest BCUT2D eigenvalue weighted by atomic mass is 10.1. The van der Waals surface area contributed by atoms with Crippen LogP contribution in [-0.2, 0) is 6.54 Å². The Kier molecular flexibility index (Phi) is 6.00. The molecular weight excluding hydrogens is 394 g/mol. The van der Waals surface area contributed by atoms with Crippen LogP contribution in [0.25, 0.3) is 11.5 Å². The van der Waals surface area contributed by atoms with Crippen LogP contribution in [0.1, 0.15) is 63.8 Å². The van der Waals surface area contributed by atoms with Crippen LogP contribution in [0.3, 0.4) is 0 Å². The fraction of sp³-hybridized carbons (Fsp3) is 0.522. The monoisotopic (exact) mass is 425 g/mol. The fourth-order valence-corrected chi connectivity index (χ4v) is 3.95. The lowest BCUT2D eigenvalue weighted by Gasteiger charge is -2.25. The van der Waals surface area contributed by atoms with Crippen molar-refractivity contribution in [2.75, 3.05) is 19.0 Å². The molecule has 3 aliphatic rings. The second-order valence-corrected chi connectivity index (χ2v) is 8.40. The molecule has 0 amide bonds. The highest BCUT2D eigenvalue weighted by Gasteiger charge is 2.34. The molecule has 1 aromatic carbocycles. The molecule has 0 bridgehead atoms. The van der Waals surface area contributed by atoms with Crippen molar-refractivity contribution in [3.8, 4) is 23.0 Å². The first-order valence-electron chi connectivity index (χ1n) is 11.0. The van der Waals surface area contributed by atoms with E-state index in [0.29, 0.717) is 30.9 Å². The lowest BCUT2D eigenvalue weighted by Crippen LogP contribution is -2.32. The van der Waals surface area contributed by atoms with Gasteiger partial charge in [0, 0.05) is 25.3 Å². The van der Waals surface area contributed by atoms with Crippen molar-refractivity contribution in [1.82, 2.24) is 19.5 Å². The van der Waals surface area contributed by atoms with Crippen LogP contribution in [-0.4, -0.2) is 44.1 Å². The average molecular weight is 426 g/mol. The molecule has 31 heavy (non-hydrogen) atoms. The Morgan fingerprint density at radius 2 is 1.97 bits per heavy atom. The number of ether oxygens (including phenoxy) is 2. The first-order valence-corrected chi connectivity index (χ1v) is 11.0. The van der Waals surface area contributed by atoms with Crippen molar-refractivity contribution in [2.45, 2.75) is 64.7 Å². The standard InChI is InChI=1S/C23H31N5O3/c1-5-24-21-19-22(27-20(26-19)15(2)3)28(14-25-21)13-16-8-9-17(30-4)18(12-16)31-23(29)10-6-7-11-23/h8-9,12,14-15,24,29H,5-7,10-11,13H2,1-4H3. The molecule has 1 saturated carbocycles. The van der Waals surface area contributed by atoms with Gasteiger partial charge in [-0.1, -0.05) is 19.9 Å². The summed E-state index contributed by atoms with van der Waals surface area (Å²) in [7, 11) is 1.61. The largest absolute Gasteiger partial charge is 0.493 e. The summed E-state index contributed by atoms with van der Waals surface area (Å²) in [5, 5.41) is 14.0. The number of nitrogens with zero attached hydrogens (tertiary/aromatic N) is 4. The molecular formula is C23H31N5O3. The first kappa shape index (κ1) is 21.4. The summed E-state index contributed by atoms with van der Waals surface area (Å²) in [5.74, 6) is 2.61. The zero-order chi connectivity index (χ0) is 22.0. The number of benzene rings is 1. The number of aliphatic hydroxyl groups is 1. The van der Waals surface area contributed by atoms with Crippen LogP contribution < -0.4 is 14.8 Å². The van der Waals surface area contributed by atoms with E-state index in [-0.39, 0.29) is 5.92 Å². The van der Waals surface area contributed by atoms with Crippen molar-refractivity contribution < 1.29 is 14.6 Å². The highest BCUT2D eigenvalue weighted by molar-refractivity contribution is 5.67. The smallest absolute Gasteiger partial charge is 0.208 e. The number of anilines is 1. The quantitative estimate of drug-likeness (QED) is 0.526. The first-order chi connectivity index (χ1) is 14.9. The SMILES string of the molecule is CCNc1ncn(Cc2ccc(OC)c(OC3(O)CCCC3)c2)c2nc(C(C)C)nc1-2. The molecule has 0 saturated heterocycles. The van der Waals surface area contributed by atoms with E-state index in [1.54, 1.807) is 13.4 Å². The van der Waals surface area contributed by atoms with E-state index in [0.717, 1.165) is 48.1 Å². The van der Waals surface area contributed by atoms with Gasteiger partial charge in [-0.3, -0.25) is 0 Å². The van der Waals surface area contributed by atoms with E-state index in [1.807, 2.05) is 29.7 Å². The minimum absolute atomic E-state index is 0.225. The summed E-state index contributed by atoms with van der Waals surface area (Å²) < 4.78 is 13.5. The zero-order valence-corrected chi connectivity index (χ0v) is 18.7. The minimum atomic E-state index is -1.12. The summed E-state index contributed by atoms with van der Waals surface area (Å²) >= 11 is 0. The Balaban J connectivity index is 1.67. The van der Waals surface area contributed by atoms with Gasteiger partial charge in [0.05, 0.1) is 20.0 Å². The van der Waals surface area contributed by atoms with Crippen LogP contribution in [0.4, 0.5) is 5.82 Å². The molecule has 1 fully saturated rings. The van der Waals surface area contributed by atoms with Crippen LogP contribution in [0.5, 0.6) is 11.5 Å². The topological polar surface area (TPSA) is 94.3 Å². The highest BCUT2D eigenvalue weighted by atomic mass is 16.6. The second-order valence-electron chi connectivity index (χ2n) is 8.40. The summed E-state index contributed by atoms with van der Waals surface area (Å²) in [5.41, 5.74) is 1.77. The van der Waals surface area contributed by atoms with Gasteiger partial charge in [-0.05, 0) is 37.5 Å². The van der Waals surface area contributed by atoms with Crippen LogP contribution in [0.2, 0.25) is 0 Å². The molecule has 0 atom stereocenters. The lowest BCUT2D eigenvalue weighted by molar-refractivity contribution is -0.131. The van der Waals surface area contributed by atoms with Crippen molar-refractivity contribution in [3.05, 3.63) is 35.9 Å². The summed E-state index contributed by atoms with van der Waals surface area (Å²) in [4.78, 5) is 14.1. The van der Waals surface area contributed by atoms with Gasteiger partial charge in [-0.15, -0.1) is 0 Å². The van der Waals surface area contributed by atoms with Gasteiger partial charge in [-0.25, -0.2) is 15.0 Å². The van der Waals surface area contributed by atoms with E-state index >= 15 is 0 Å². The Bertz CT molecular complexity index is 1010. The van der Waals surface area contributed by atoms with Crippen molar-refractivity contribution in [3.63, 3.8) is 0 Å². The number of imidazole rings is 1. The summed E-state index contributed by atoms with van der Waals surface area (Å²) in [6.07, 6.45) is 4.97. The third-order valence-electron chi connectivity index (χ3n) is 5.61. The van der Waals surface area contributed by atoms with Gasteiger partial charge in [-0.2, -0.15) is 0 Å². The van der Waals surface area contributed by atoms with Gasteiger partial charge in [0.1, 0.15) is 5.82 Å². The van der Waals surface area contributed by atoms with Gasteiger partial charge in [0.2, 0.25) is 5.79 Å². The Morgan fingerprint density at radius 1 is 1.19 bits per heavy atom. The third-order valence-corrected chi connectivity index (χ3v) is 5.61. The maximum atomic E-state index is 10.7. The molecule has 8 heteroatoms. The van der Waals surface area contributed by atoms with E-state index in [9.17, 15) is 5.11 Å². The summed E-state index contributed by atoms with van der Waals surface area (Å²) in [6.45, 7) is 7.51. The van der Waals surface area contributed by atoms with Gasteiger partial charge < -0.3 is 24.5 Å². The number of methoxy groups -OCH3 is 1. The number of fused-ring (bicyclic) bond motifs is 1. The number of nitrogens with one attached hydrogen (secondary N) is 1. The van der Waals surface area contributed by atoms with Crippen LogP contribution in [0, 0.1) is 0 Å². The van der Waals surface area contributed by atoms with Gasteiger partial charge >= 0.3 is 0 Å². The van der Waals surface area contributed by atoms with Gasteiger partial charge in [0.25, 0.3) is 0 Å². The van der Waals surface area contributed by atoms with E-state index in [4.69, 9.17) is 19.4 Å². The average Bonchev–Trinajstić information content (AvgIpc) is 3.37. The maximum Gasteiger partial charge on any atom is 0.208 e. The Hall–Kier alpha value is -2.87. The van der Waals surface area contributed by atoms with E-state index in [2.05, 4.69) is 24.1 Å². The van der Waals surface area contributed by atoms with Crippen LogP contribution in [0.15, 0.2) is 24.5 Å². The minimum Gasteiger partial charge on any atom is -0.493 e. The molecule has 1 aliphatic carbocycles. The predicted molar refractivity (Wildman–Crippen MR) is 119 cm³/mol. The van der Waals surface area contributed by atoms with E-state index in [1.165, 1.54) is 0 Å². The molecule has 0 spiro atoms. The summed E-state index contributed by atoms with van der Waals surface area (Å²) in [6, 6.07) is 5.78. The van der Waals surface area contributed by atoms with Crippen molar-refractivity contribution in [2.24, 2.45) is 0 Å². The van der Waals surface area contributed by atoms with Crippen molar-refractivity contribution >= 4 is 5.82 Å². The molecule has 4 rings (SSSR count). The second kappa shape index (κ2) is 8.70. The number of hydrogen-bond acceptors (Lipinski definition) is 7. The molecule has 8 nitrogen and oxygen atoms in total. The molecule has 2 heterocycles. The van der Waals surface area contributed by atoms with Crippen LogP contribution >= 0.6 is 0 Å². The molecule has 2 N–H and O–H groups in total. The number of rotatable bonds is 8. The van der Waals surface area contributed by atoms with Gasteiger partial charge in [0.15, 0.2) is 28.8 Å². The third kappa shape index (κ3) is 4.44. The Labute approximate surface area is 183 Å². The molecule has 0 unspecified atom stereocenters. The zero-order valence-electron chi connectivity index (χ0n) is 18.7. The number of aromatic nitrogens is 4. The molecule has 166 valence electrons. The molecule has 0 aromatic heterocycles. The van der Waals surface area contributed by atoms with Crippen molar-refractivity contribution in [1.29, 1.82) is 0 Å². The Morgan fingerprint density at radius 3 is 2.65 bits per heavy atom. The molecule has 0 radical (unpaired) electrons. The molecule has 1 aromatic rings. The van der Waals surface area contributed by atoms with E-state index < -0.39 is 5.79 Å². The number of hydrogen-bond donors (Lipinski definition) is 2. The predicted octanol–water partition coefficient (Wildman–Crippen LogP) is 4.03. The maximum absolute atomic E-state index is 10.7. The fourth-order valence-electron chi connectivity index (χ4n) is 3.95. The molecule has 2 aliphatic heterocycles.